The Kier molecular flexibility index (Phi) is 3.79. The van der Waals surface area contributed by atoms with Crippen molar-refractivity contribution in [3.05, 3.63) is 53.6 Å². The molecule has 0 atom stereocenters. The molecular formula is C14H12ClN5O. The number of halogens is 1. The third-order valence-electron chi connectivity index (χ3n) is 2.83. The molecule has 0 radical (unpaired) electrons. The number of ether oxygens (including phenoxy) is 1. The van der Waals surface area contributed by atoms with E-state index in [0.717, 1.165) is 6.42 Å². The molecule has 2 aromatic heterocycles. The molecule has 21 heavy (non-hydrogen) atoms. The van der Waals surface area contributed by atoms with Gasteiger partial charge < -0.3 is 4.74 Å². The van der Waals surface area contributed by atoms with Gasteiger partial charge in [-0.05, 0) is 41.8 Å². The number of aryl methyl sites for hydroxylation is 1. The second kappa shape index (κ2) is 5.88. The third-order valence-corrected chi connectivity index (χ3v) is 2.99. The summed E-state index contributed by atoms with van der Waals surface area (Å²) < 4.78 is 7.10. The summed E-state index contributed by atoms with van der Waals surface area (Å²) in [5.74, 6) is 0.945. The average Bonchev–Trinajstić information content (AvgIpc) is 3.02. The highest BCUT2D eigenvalue weighted by atomic mass is 35.5. The van der Waals surface area contributed by atoms with Crippen LogP contribution < -0.4 is 4.74 Å². The standard InChI is InChI=1S/C14H12ClN5O/c1-2-10-4-6-11(7-5-10)21-14-18-12(15)17-13(19-14)20-9-3-8-16-20/h3-9H,2H2,1H3. The monoisotopic (exact) mass is 301 g/mol. The topological polar surface area (TPSA) is 65.7 Å². The van der Waals surface area contributed by atoms with Gasteiger partial charge in [0, 0.05) is 12.4 Å². The molecule has 0 saturated heterocycles. The predicted octanol–water partition coefficient (Wildman–Crippen LogP) is 3.07. The Balaban J connectivity index is 1.88. The normalized spacial score (nSPS) is 10.6. The van der Waals surface area contributed by atoms with Crippen molar-refractivity contribution in [1.82, 2.24) is 24.7 Å². The first-order valence-corrected chi connectivity index (χ1v) is 6.81. The molecule has 0 aliphatic rings. The third kappa shape index (κ3) is 3.17. The zero-order valence-electron chi connectivity index (χ0n) is 11.3. The molecule has 7 heteroatoms. The number of hydrogen-bond acceptors (Lipinski definition) is 5. The van der Waals surface area contributed by atoms with Crippen LogP contribution in [-0.4, -0.2) is 24.7 Å². The summed E-state index contributed by atoms with van der Waals surface area (Å²) in [5.41, 5.74) is 1.23. The summed E-state index contributed by atoms with van der Waals surface area (Å²) in [7, 11) is 0. The van der Waals surface area contributed by atoms with Crippen LogP contribution in [0.1, 0.15) is 12.5 Å². The van der Waals surface area contributed by atoms with Crippen LogP contribution in [0.4, 0.5) is 0 Å². The van der Waals surface area contributed by atoms with E-state index in [0.29, 0.717) is 11.7 Å². The smallest absolute Gasteiger partial charge is 0.328 e. The maximum atomic E-state index is 5.90. The molecule has 3 rings (SSSR count). The van der Waals surface area contributed by atoms with Crippen LogP contribution in [0.5, 0.6) is 11.8 Å². The van der Waals surface area contributed by atoms with Crippen molar-refractivity contribution < 1.29 is 4.74 Å². The molecule has 1 aromatic carbocycles. The summed E-state index contributed by atoms with van der Waals surface area (Å²) in [4.78, 5) is 12.2. The lowest BCUT2D eigenvalue weighted by Crippen LogP contribution is -2.05. The highest BCUT2D eigenvalue weighted by Crippen LogP contribution is 2.20. The fraction of sp³-hybridized carbons (Fsp3) is 0.143. The zero-order chi connectivity index (χ0) is 14.7. The lowest BCUT2D eigenvalue weighted by molar-refractivity contribution is 0.437. The SMILES string of the molecule is CCc1ccc(Oc2nc(Cl)nc(-n3cccn3)n2)cc1. The first-order valence-electron chi connectivity index (χ1n) is 6.43. The largest absolute Gasteiger partial charge is 0.424 e. The fourth-order valence-corrected chi connectivity index (χ4v) is 1.90. The van der Waals surface area contributed by atoms with Crippen LogP contribution in [0.3, 0.4) is 0 Å². The molecule has 106 valence electrons. The Morgan fingerprint density at radius 2 is 1.95 bits per heavy atom. The summed E-state index contributed by atoms with van der Waals surface area (Å²) in [6.45, 7) is 2.10. The number of hydrogen-bond donors (Lipinski definition) is 0. The van der Waals surface area contributed by atoms with Gasteiger partial charge in [0.1, 0.15) is 5.75 Å². The van der Waals surface area contributed by atoms with Crippen LogP contribution in [0, 0.1) is 0 Å². The lowest BCUT2D eigenvalue weighted by atomic mass is 10.2. The van der Waals surface area contributed by atoms with Gasteiger partial charge in [-0.15, -0.1) is 0 Å². The lowest BCUT2D eigenvalue weighted by Gasteiger charge is -2.06. The van der Waals surface area contributed by atoms with Gasteiger partial charge in [0.05, 0.1) is 0 Å². The molecule has 0 saturated carbocycles. The van der Waals surface area contributed by atoms with E-state index >= 15 is 0 Å². The van der Waals surface area contributed by atoms with Crippen molar-refractivity contribution in [3.8, 4) is 17.7 Å². The van der Waals surface area contributed by atoms with Gasteiger partial charge >= 0.3 is 6.01 Å². The quantitative estimate of drug-likeness (QED) is 0.741. The fourth-order valence-electron chi connectivity index (χ4n) is 1.76. The van der Waals surface area contributed by atoms with Crippen LogP contribution in [0.2, 0.25) is 5.28 Å². The van der Waals surface area contributed by atoms with Gasteiger partial charge in [-0.2, -0.15) is 20.1 Å². The molecule has 0 aliphatic heterocycles. The molecule has 0 unspecified atom stereocenters. The average molecular weight is 302 g/mol. The molecule has 6 nitrogen and oxygen atoms in total. The van der Waals surface area contributed by atoms with Gasteiger partial charge in [-0.25, -0.2) is 4.68 Å². The molecule has 0 N–H and O–H groups in total. The minimum Gasteiger partial charge on any atom is -0.424 e. The number of rotatable bonds is 4. The minimum atomic E-state index is 0.0516. The summed E-state index contributed by atoms with van der Waals surface area (Å²) >= 11 is 5.90. The van der Waals surface area contributed by atoms with Crippen molar-refractivity contribution in [2.45, 2.75) is 13.3 Å². The number of aromatic nitrogens is 5. The van der Waals surface area contributed by atoms with E-state index in [1.165, 1.54) is 10.2 Å². The van der Waals surface area contributed by atoms with Crippen molar-refractivity contribution in [2.75, 3.05) is 0 Å². The summed E-state index contributed by atoms with van der Waals surface area (Å²) in [6.07, 6.45) is 4.31. The molecule has 0 fully saturated rings. The van der Waals surface area contributed by atoms with E-state index < -0.39 is 0 Å². The van der Waals surface area contributed by atoms with Crippen LogP contribution in [0.25, 0.3) is 5.95 Å². The van der Waals surface area contributed by atoms with Crippen molar-refractivity contribution in [2.24, 2.45) is 0 Å². The molecule has 0 aliphatic carbocycles. The molecular weight excluding hydrogens is 290 g/mol. The van der Waals surface area contributed by atoms with Crippen LogP contribution in [-0.2, 0) is 6.42 Å². The van der Waals surface area contributed by atoms with Gasteiger partial charge in [-0.1, -0.05) is 19.1 Å². The Labute approximate surface area is 126 Å². The van der Waals surface area contributed by atoms with Crippen LogP contribution in [0.15, 0.2) is 42.7 Å². The van der Waals surface area contributed by atoms with Gasteiger partial charge in [-0.3, -0.25) is 0 Å². The summed E-state index contributed by atoms with van der Waals surface area (Å²) in [5, 5.41) is 4.10. The van der Waals surface area contributed by atoms with E-state index in [1.54, 1.807) is 18.5 Å². The van der Waals surface area contributed by atoms with E-state index in [1.807, 2.05) is 24.3 Å². The molecule has 3 aromatic rings. The van der Waals surface area contributed by atoms with Crippen molar-refractivity contribution in [3.63, 3.8) is 0 Å². The van der Waals surface area contributed by atoms with Crippen LogP contribution >= 0.6 is 11.6 Å². The Hall–Kier alpha value is -2.47. The van der Waals surface area contributed by atoms with E-state index in [2.05, 4.69) is 27.0 Å². The Morgan fingerprint density at radius 1 is 1.14 bits per heavy atom. The molecule has 0 bridgehead atoms. The number of nitrogens with zero attached hydrogens (tertiary/aromatic N) is 5. The second-order valence-corrected chi connectivity index (χ2v) is 4.58. The highest BCUT2D eigenvalue weighted by molar-refractivity contribution is 6.28. The van der Waals surface area contributed by atoms with Gasteiger partial charge in [0.2, 0.25) is 5.28 Å². The van der Waals surface area contributed by atoms with Crippen molar-refractivity contribution in [1.29, 1.82) is 0 Å². The molecule has 2 heterocycles. The maximum Gasteiger partial charge on any atom is 0.328 e. The predicted molar refractivity (Wildman–Crippen MR) is 77.9 cm³/mol. The maximum absolute atomic E-state index is 5.90. The minimum absolute atomic E-state index is 0.0516. The zero-order valence-corrected chi connectivity index (χ0v) is 12.0. The molecule has 0 spiro atoms. The number of benzene rings is 1. The van der Waals surface area contributed by atoms with Gasteiger partial charge in [0.15, 0.2) is 0 Å². The van der Waals surface area contributed by atoms with E-state index in [4.69, 9.17) is 16.3 Å². The first-order chi connectivity index (χ1) is 10.2. The Morgan fingerprint density at radius 3 is 2.62 bits per heavy atom. The van der Waals surface area contributed by atoms with Gasteiger partial charge in [0.25, 0.3) is 5.95 Å². The molecule has 0 amide bonds. The van der Waals surface area contributed by atoms with E-state index in [9.17, 15) is 0 Å². The van der Waals surface area contributed by atoms with Crippen molar-refractivity contribution >= 4 is 11.6 Å². The van der Waals surface area contributed by atoms with E-state index in [-0.39, 0.29) is 11.3 Å². The highest BCUT2D eigenvalue weighted by Gasteiger charge is 2.09. The summed E-state index contributed by atoms with van der Waals surface area (Å²) in [6, 6.07) is 9.61. The second-order valence-electron chi connectivity index (χ2n) is 4.24. The Bertz CT molecular complexity index is 728. The first kappa shape index (κ1) is 13.5.